The van der Waals surface area contributed by atoms with E-state index in [0.717, 1.165) is 80.8 Å². The first-order valence-electron chi connectivity index (χ1n) is 16.5. The van der Waals surface area contributed by atoms with E-state index >= 15 is 0 Å². The van der Waals surface area contributed by atoms with Gasteiger partial charge in [0.1, 0.15) is 11.8 Å². The fourth-order valence-corrected chi connectivity index (χ4v) is 7.54. The zero-order chi connectivity index (χ0) is 29.9. The number of fused-ring (bicyclic) bond motifs is 2. The molecule has 6 heterocycles. The van der Waals surface area contributed by atoms with E-state index in [0.29, 0.717) is 30.6 Å². The number of nitrogens with zero attached hydrogens (tertiary/aromatic N) is 5. The van der Waals surface area contributed by atoms with Crippen molar-refractivity contribution in [1.29, 1.82) is 0 Å². The lowest BCUT2D eigenvalue weighted by Crippen LogP contribution is -2.53. The monoisotopic (exact) mass is 594 g/mol. The molecule has 0 radical (unpaired) electrons. The van der Waals surface area contributed by atoms with Gasteiger partial charge in [0.25, 0.3) is 11.8 Å². The summed E-state index contributed by atoms with van der Waals surface area (Å²) in [7, 11) is 0. The van der Waals surface area contributed by atoms with Crippen LogP contribution in [0, 0.1) is 12.8 Å². The van der Waals surface area contributed by atoms with E-state index in [2.05, 4.69) is 35.8 Å². The summed E-state index contributed by atoms with van der Waals surface area (Å²) in [5.41, 5.74) is 13.6. The van der Waals surface area contributed by atoms with E-state index in [1.165, 1.54) is 29.3 Å². The molecule has 1 aromatic carbocycles. The van der Waals surface area contributed by atoms with Gasteiger partial charge in [-0.2, -0.15) is 5.10 Å². The Morgan fingerprint density at radius 3 is 2.64 bits per heavy atom. The molecule has 2 unspecified atom stereocenters. The van der Waals surface area contributed by atoms with Gasteiger partial charge in [0, 0.05) is 68.4 Å². The Morgan fingerprint density at radius 2 is 1.86 bits per heavy atom. The van der Waals surface area contributed by atoms with Crippen molar-refractivity contribution >= 4 is 28.2 Å². The average Bonchev–Trinajstić information content (AvgIpc) is 3.69. The molecule has 1 aliphatic carbocycles. The van der Waals surface area contributed by atoms with E-state index in [1.54, 1.807) is 0 Å². The van der Waals surface area contributed by atoms with Crippen LogP contribution in [0.5, 0.6) is 0 Å². The van der Waals surface area contributed by atoms with Crippen molar-refractivity contribution in [3.05, 3.63) is 59.3 Å². The Morgan fingerprint density at radius 1 is 1.00 bits per heavy atom. The van der Waals surface area contributed by atoms with Gasteiger partial charge in [-0.3, -0.25) is 9.59 Å². The van der Waals surface area contributed by atoms with Gasteiger partial charge >= 0.3 is 0 Å². The number of ether oxygens (including phenoxy) is 1. The molecular weight excluding hydrogens is 552 g/mol. The Balaban J connectivity index is 1.12. The second-order valence-corrected chi connectivity index (χ2v) is 13.5. The minimum Gasteiger partial charge on any atom is -0.368 e. The molecule has 3 aromatic heterocycles. The van der Waals surface area contributed by atoms with Crippen molar-refractivity contribution in [2.75, 3.05) is 32.8 Å². The van der Waals surface area contributed by atoms with Crippen LogP contribution < -0.4 is 5.73 Å². The highest BCUT2D eigenvalue weighted by Crippen LogP contribution is 2.41. The molecule has 9 heteroatoms. The van der Waals surface area contributed by atoms with Gasteiger partial charge in [-0.1, -0.05) is 18.2 Å². The van der Waals surface area contributed by atoms with Crippen molar-refractivity contribution in [2.24, 2.45) is 11.7 Å². The predicted octanol–water partition coefficient (Wildman–Crippen LogP) is 4.73. The smallest absolute Gasteiger partial charge is 0.255 e. The summed E-state index contributed by atoms with van der Waals surface area (Å²) in [6.45, 7) is 6.63. The van der Waals surface area contributed by atoms with Gasteiger partial charge in [0.15, 0.2) is 0 Å². The van der Waals surface area contributed by atoms with Crippen LogP contribution in [0.2, 0.25) is 0 Å². The Labute approximate surface area is 257 Å². The summed E-state index contributed by atoms with van der Waals surface area (Å²) in [6.07, 6.45) is 8.98. The summed E-state index contributed by atoms with van der Waals surface area (Å²) in [5, 5.41) is 6.31. The zero-order valence-electron chi connectivity index (χ0n) is 25.6. The van der Waals surface area contributed by atoms with Gasteiger partial charge in [0.2, 0.25) is 0 Å². The number of pyridine rings is 1. The van der Waals surface area contributed by atoms with Gasteiger partial charge in [-0.25, -0.2) is 4.52 Å². The lowest BCUT2D eigenvalue weighted by atomic mass is 9.89. The van der Waals surface area contributed by atoms with Crippen LogP contribution in [-0.4, -0.2) is 80.7 Å². The normalized spacial score (nSPS) is 23.0. The molecule has 0 spiro atoms. The lowest BCUT2D eigenvalue weighted by molar-refractivity contribution is -0.151. The largest absolute Gasteiger partial charge is 0.368 e. The molecule has 44 heavy (non-hydrogen) atoms. The van der Waals surface area contributed by atoms with Crippen LogP contribution in [0.25, 0.3) is 27.8 Å². The molecule has 2 N–H and O–H groups in total. The fourth-order valence-electron chi connectivity index (χ4n) is 7.54. The molecule has 2 amide bonds. The van der Waals surface area contributed by atoms with E-state index in [-0.39, 0.29) is 24.0 Å². The molecule has 4 fully saturated rings. The van der Waals surface area contributed by atoms with E-state index in [1.807, 2.05) is 32.6 Å². The SMILES string of the molecule is Cc1c(-c2cc3cccc(C4CN(C(=O)C5CCCCO5)C4)c3n2CC2CC2)nn2cc(C(=O)N3CCCC(N)C3)ccc12. The first-order valence-corrected chi connectivity index (χ1v) is 16.5. The van der Waals surface area contributed by atoms with Gasteiger partial charge in [0.05, 0.1) is 22.3 Å². The van der Waals surface area contributed by atoms with Crippen LogP contribution in [0.4, 0.5) is 0 Å². The number of carbonyl (C=O) groups is 2. The molecule has 1 saturated carbocycles. The minimum absolute atomic E-state index is 0.0207. The number of piperidine rings is 1. The third-order valence-electron chi connectivity index (χ3n) is 10.3. The third kappa shape index (κ3) is 4.90. The van der Waals surface area contributed by atoms with Gasteiger partial charge in [-0.15, -0.1) is 0 Å². The first-order chi connectivity index (χ1) is 21.4. The third-order valence-corrected chi connectivity index (χ3v) is 10.3. The van der Waals surface area contributed by atoms with Gasteiger partial charge < -0.3 is 24.8 Å². The van der Waals surface area contributed by atoms with Crippen LogP contribution in [-0.2, 0) is 16.1 Å². The van der Waals surface area contributed by atoms with Crippen molar-refractivity contribution in [3.63, 3.8) is 0 Å². The van der Waals surface area contributed by atoms with E-state index in [9.17, 15) is 9.59 Å². The summed E-state index contributed by atoms with van der Waals surface area (Å²) >= 11 is 0. The summed E-state index contributed by atoms with van der Waals surface area (Å²) in [5.74, 6) is 1.17. The number of likely N-dealkylation sites (tertiary alicyclic amines) is 2. The molecule has 9 nitrogen and oxygen atoms in total. The number of aromatic nitrogens is 3. The zero-order valence-corrected chi connectivity index (χ0v) is 25.6. The Bertz CT molecular complexity index is 1740. The Kier molecular flexibility index (Phi) is 6.98. The lowest BCUT2D eigenvalue weighted by Gasteiger charge is -2.42. The topological polar surface area (TPSA) is 98.1 Å². The van der Waals surface area contributed by atoms with Crippen molar-refractivity contribution in [1.82, 2.24) is 24.0 Å². The number of amides is 2. The number of hydrogen-bond donors (Lipinski definition) is 1. The van der Waals surface area contributed by atoms with Crippen LogP contribution in [0.15, 0.2) is 42.6 Å². The molecule has 3 saturated heterocycles. The van der Waals surface area contributed by atoms with Gasteiger partial charge in [-0.05, 0) is 81.5 Å². The quantitative estimate of drug-likeness (QED) is 0.348. The fraction of sp³-hybridized carbons (Fsp3) is 0.514. The van der Waals surface area contributed by atoms with E-state index in [4.69, 9.17) is 15.6 Å². The molecule has 4 aromatic rings. The van der Waals surface area contributed by atoms with Crippen LogP contribution in [0.3, 0.4) is 0 Å². The molecule has 4 aliphatic rings. The maximum atomic E-state index is 13.3. The molecule has 0 bridgehead atoms. The Hall–Kier alpha value is -3.69. The number of nitrogens with two attached hydrogens (primary N) is 1. The van der Waals surface area contributed by atoms with Crippen molar-refractivity contribution in [2.45, 2.75) is 76.5 Å². The standard InChI is InChI=1S/C35H42N6O3/c1-22-29-13-12-25(34(42)38-14-5-7-27(36)21-38)20-41(29)37-32(22)30-16-24-6-4-8-28(33(24)40(30)17-23-10-11-23)26-18-39(19-26)35(43)31-9-2-3-15-44-31/h4,6,8,12-13,16,20,23,26-27,31H,2-3,5,7,9-11,14-15,17-19,21,36H2,1H3. The summed E-state index contributed by atoms with van der Waals surface area (Å²) in [4.78, 5) is 30.3. The highest BCUT2D eigenvalue weighted by molar-refractivity contribution is 5.95. The predicted molar refractivity (Wildman–Crippen MR) is 170 cm³/mol. The number of carbonyl (C=O) groups excluding carboxylic acids is 2. The molecule has 2 atom stereocenters. The average molecular weight is 595 g/mol. The highest BCUT2D eigenvalue weighted by Gasteiger charge is 2.38. The highest BCUT2D eigenvalue weighted by atomic mass is 16.5. The molecule has 8 rings (SSSR count). The summed E-state index contributed by atoms with van der Waals surface area (Å²) < 4.78 is 10.2. The molecule has 3 aliphatic heterocycles. The number of para-hydroxylation sites is 1. The van der Waals surface area contributed by atoms with E-state index < -0.39 is 0 Å². The van der Waals surface area contributed by atoms with Crippen molar-refractivity contribution < 1.29 is 14.3 Å². The number of rotatable bonds is 6. The maximum absolute atomic E-state index is 13.3. The maximum Gasteiger partial charge on any atom is 0.255 e. The summed E-state index contributed by atoms with van der Waals surface area (Å²) in [6, 6.07) is 12.9. The molecular formula is C35H42N6O3. The number of aryl methyl sites for hydroxylation is 1. The minimum atomic E-state index is -0.267. The van der Waals surface area contributed by atoms with Crippen LogP contribution >= 0.6 is 0 Å². The van der Waals surface area contributed by atoms with Crippen molar-refractivity contribution in [3.8, 4) is 11.4 Å². The first kappa shape index (κ1) is 27.8. The molecule has 230 valence electrons. The second kappa shape index (κ2) is 11.0. The second-order valence-electron chi connectivity index (χ2n) is 13.5. The van der Waals surface area contributed by atoms with Crippen LogP contribution in [0.1, 0.15) is 72.3 Å². The number of benzene rings is 1. The number of hydrogen-bond acceptors (Lipinski definition) is 5.